The number of benzene rings is 2. The number of carbonyl (C=O) groups is 1. The molecule has 0 spiro atoms. The monoisotopic (exact) mass is 547 g/mol. The number of methoxy groups -OCH3 is 1. The minimum atomic E-state index is -0.861. The van der Waals surface area contributed by atoms with Crippen molar-refractivity contribution in [1.82, 2.24) is 9.88 Å². The summed E-state index contributed by atoms with van der Waals surface area (Å²) in [4.78, 5) is 18.2. The Balaban J connectivity index is 1.38. The Kier molecular flexibility index (Phi) is 9.51. The van der Waals surface area contributed by atoms with Gasteiger partial charge < -0.3 is 20.5 Å². The first kappa shape index (κ1) is 28.2. The van der Waals surface area contributed by atoms with Gasteiger partial charge in [-0.2, -0.15) is 0 Å². The van der Waals surface area contributed by atoms with Crippen LogP contribution in [0, 0.1) is 29.3 Å². The van der Waals surface area contributed by atoms with Gasteiger partial charge in [0.2, 0.25) is 0 Å². The summed E-state index contributed by atoms with van der Waals surface area (Å²) in [6, 6.07) is 8.09. The molecule has 10 heteroatoms. The summed E-state index contributed by atoms with van der Waals surface area (Å²) in [5.74, 6) is -1.06. The Hall–Kier alpha value is -2.82. The average Bonchev–Trinajstić information content (AvgIpc) is 2.89. The highest BCUT2D eigenvalue weighted by Gasteiger charge is 2.31. The topological polar surface area (TPSA) is 88.7 Å². The fourth-order valence-corrected chi connectivity index (χ4v) is 6.25. The molecule has 0 bridgehead atoms. The number of piperidine rings is 1. The standard InChI is InChI=1S/C28H32F3N3O3S/c1-37-20-4-7-25-21(14-20)28(23(31)15-33-25)24(32)6-2-17-8-9-34(16-18(17)12-27(35)36)10-11-38-26-13-19(29)3-5-22(26)30/h3-5,7,13-15,17-18,24H,2,6,8-12,16,32H2,1H3,(H,35,36)/t17?,18-,24-/m1/s1. The quantitative estimate of drug-likeness (QED) is 0.300. The molecule has 38 heavy (non-hydrogen) atoms. The number of hydrogen-bond donors (Lipinski definition) is 2. The van der Waals surface area contributed by atoms with Crippen molar-refractivity contribution < 1.29 is 27.8 Å². The van der Waals surface area contributed by atoms with E-state index in [9.17, 15) is 23.1 Å². The highest BCUT2D eigenvalue weighted by Crippen LogP contribution is 2.35. The van der Waals surface area contributed by atoms with E-state index in [1.54, 1.807) is 25.3 Å². The first-order valence-electron chi connectivity index (χ1n) is 12.6. The number of aromatic nitrogens is 1. The summed E-state index contributed by atoms with van der Waals surface area (Å²) < 4.78 is 47.5. The molecule has 2 heterocycles. The molecule has 0 amide bonds. The fraction of sp³-hybridized carbons (Fsp3) is 0.429. The van der Waals surface area contributed by atoms with Crippen molar-refractivity contribution in [2.24, 2.45) is 17.6 Å². The third kappa shape index (κ3) is 6.98. The van der Waals surface area contributed by atoms with Crippen molar-refractivity contribution in [3.05, 3.63) is 65.6 Å². The zero-order valence-corrected chi connectivity index (χ0v) is 22.0. The largest absolute Gasteiger partial charge is 0.497 e. The highest BCUT2D eigenvalue weighted by molar-refractivity contribution is 7.99. The third-order valence-electron chi connectivity index (χ3n) is 7.26. The number of carboxylic acid groups (broad SMARTS) is 1. The molecule has 1 aliphatic rings. The minimum Gasteiger partial charge on any atom is -0.497 e. The molecule has 3 N–H and O–H groups in total. The van der Waals surface area contributed by atoms with Crippen molar-refractivity contribution in [1.29, 1.82) is 0 Å². The molecular formula is C28H32F3N3O3S. The van der Waals surface area contributed by atoms with Crippen LogP contribution in [0.15, 0.2) is 47.5 Å². The number of thioether (sulfide) groups is 1. The predicted octanol–water partition coefficient (Wildman–Crippen LogP) is 5.65. The van der Waals surface area contributed by atoms with Gasteiger partial charge in [-0.25, -0.2) is 13.2 Å². The second kappa shape index (κ2) is 12.8. The number of aliphatic carboxylic acids is 1. The van der Waals surface area contributed by atoms with E-state index in [1.165, 1.54) is 24.0 Å². The van der Waals surface area contributed by atoms with Crippen LogP contribution in [0.25, 0.3) is 10.9 Å². The molecule has 3 atom stereocenters. The van der Waals surface area contributed by atoms with E-state index in [2.05, 4.69) is 9.88 Å². The molecule has 204 valence electrons. The molecule has 1 saturated heterocycles. The zero-order valence-electron chi connectivity index (χ0n) is 21.2. The van der Waals surface area contributed by atoms with Gasteiger partial charge in [0.15, 0.2) is 0 Å². The number of fused-ring (bicyclic) bond motifs is 1. The van der Waals surface area contributed by atoms with E-state index in [0.717, 1.165) is 25.1 Å². The SMILES string of the molecule is COc1ccc2ncc(F)c([C@H](N)CCC3CCN(CCSc4cc(F)ccc4F)C[C@H]3CC(=O)O)c2c1. The molecule has 0 aliphatic carbocycles. The molecule has 1 aliphatic heterocycles. The van der Waals surface area contributed by atoms with Gasteiger partial charge >= 0.3 is 5.97 Å². The molecule has 3 aromatic rings. The van der Waals surface area contributed by atoms with E-state index in [4.69, 9.17) is 10.5 Å². The van der Waals surface area contributed by atoms with Gasteiger partial charge in [0.1, 0.15) is 23.2 Å². The van der Waals surface area contributed by atoms with E-state index < -0.39 is 29.5 Å². The second-order valence-electron chi connectivity index (χ2n) is 9.72. The number of carboxylic acids is 1. The molecule has 0 saturated carbocycles. The third-order valence-corrected chi connectivity index (χ3v) is 8.27. The lowest BCUT2D eigenvalue weighted by molar-refractivity contribution is -0.139. The summed E-state index contributed by atoms with van der Waals surface area (Å²) >= 11 is 1.25. The maximum atomic E-state index is 14.8. The maximum absolute atomic E-state index is 14.8. The molecule has 1 fully saturated rings. The summed E-state index contributed by atoms with van der Waals surface area (Å²) in [6.45, 7) is 2.01. The van der Waals surface area contributed by atoms with Crippen molar-refractivity contribution in [3.63, 3.8) is 0 Å². The zero-order chi connectivity index (χ0) is 27.2. The van der Waals surface area contributed by atoms with Crippen molar-refractivity contribution in [2.75, 3.05) is 32.5 Å². The highest BCUT2D eigenvalue weighted by atomic mass is 32.2. The van der Waals surface area contributed by atoms with E-state index in [0.29, 0.717) is 53.9 Å². The van der Waals surface area contributed by atoms with Crippen LogP contribution in [0.3, 0.4) is 0 Å². The number of hydrogen-bond acceptors (Lipinski definition) is 6. The lowest BCUT2D eigenvalue weighted by Crippen LogP contribution is -2.42. The average molecular weight is 548 g/mol. The van der Waals surface area contributed by atoms with Crippen LogP contribution >= 0.6 is 11.8 Å². The summed E-state index contributed by atoms with van der Waals surface area (Å²) in [7, 11) is 1.54. The van der Waals surface area contributed by atoms with E-state index >= 15 is 0 Å². The van der Waals surface area contributed by atoms with Crippen LogP contribution in [-0.4, -0.2) is 53.5 Å². The number of nitrogens with zero attached hydrogens (tertiary/aromatic N) is 2. The maximum Gasteiger partial charge on any atom is 0.303 e. The Morgan fingerprint density at radius 2 is 2.03 bits per heavy atom. The van der Waals surface area contributed by atoms with Crippen molar-refractivity contribution in [2.45, 2.75) is 36.6 Å². The van der Waals surface area contributed by atoms with Gasteiger partial charge in [-0.3, -0.25) is 9.78 Å². The van der Waals surface area contributed by atoms with Crippen LogP contribution in [0.5, 0.6) is 5.75 Å². The molecule has 2 aromatic carbocycles. The number of pyridine rings is 1. The number of halogens is 3. The Morgan fingerprint density at radius 1 is 1.21 bits per heavy atom. The van der Waals surface area contributed by atoms with Crippen molar-refractivity contribution in [3.8, 4) is 5.75 Å². The van der Waals surface area contributed by atoms with Crippen LogP contribution in [0.2, 0.25) is 0 Å². The molecule has 1 unspecified atom stereocenters. The van der Waals surface area contributed by atoms with Gasteiger partial charge in [0.25, 0.3) is 0 Å². The number of likely N-dealkylation sites (tertiary alicyclic amines) is 1. The smallest absolute Gasteiger partial charge is 0.303 e. The van der Waals surface area contributed by atoms with Gasteiger partial charge in [-0.15, -0.1) is 11.8 Å². The Labute approximate surface area is 224 Å². The van der Waals surface area contributed by atoms with Gasteiger partial charge in [0.05, 0.1) is 18.8 Å². The normalized spacial score (nSPS) is 19.0. The lowest BCUT2D eigenvalue weighted by atomic mass is 9.79. The van der Waals surface area contributed by atoms with Crippen LogP contribution in [-0.2, 0) is 4.79 Å². The molecule has 4 rings (SSSR count). The minimum absolute atomic E-state index is 0.0336. The van der Waals surface area contributed by atoms with Gasteiger partial charge in [-0.05, 0) is 74.0 Å². The first-order chi connectivity index (χ1) is 18.2. The van der Waals surface area contributed by atoms with E-state index in [-0.39, 0.29) is 23.2 Å². The Bertz CT molecular complexity index is 1280. The summed E-state index contributed by atoms with van der Waals surface area (Å²) in [5, 5.41) is 10.1. The van der Waals surface area contributed by atoms with Crippen LogP contribution < -0.4 is 10.5 Å². The number of nitrogens with two attached hydrogens (primary N) is 1. The molecule has 6 nitrogen and oxygen atoms in total. The molecular weight excluding hydrogens is 515 g/mol. The first-order valence-corrected chi connectivity index (χ1v) is 13.6. The predicted molar refractivity (Wildman–Crippen MR) is 142 cm³/mol. The number of ether oxygens (including phenoxy) is 1. The van der Waals surface area contributed by atoms with Gasteiger partial charge in [-0.1, -0.05) is 0 Å². The summed E-state index contributed by atoms with van der Waals surface area (Å²) in [6.07, 6.45) is 3.18. The fourth-order valence-electron chi connectivity index (χ4n) is 5.28. The Morgan fingerprint density at radius 3 is 2.79 bits per heavy atom. The number of rotatable bonds is 11. The summed E-state index contributed by atoms with van der Waals surface area (Å²) in [5.41, 5.74) is 7.51. The second-order valence-corrected chi connectivity index (χ2v) is 10.9. The van der Waals surface area contributed by atoms with Crippen molar-refractivity contribution >= 4 is 28.6 Å². The van der Waals surface area contributed by atoms with E-state index in [1.807, 2.05) is 0 Å². The van der Waals surface area contributed by atoms with Crippen LogP contribution in [0.1, 0.15) is 37.3 Å². The van der Waals surface area contributed by atoms with Crippen LogP contribution in [0.4, 0.5) is 13.2 Å². The molecule has 1 aromatic heterocycles. The molecule has 0 radical (unpaired) electrons. The van der Waals surface area contributed by atoms with Gasteiger partial charge in [0, 0.05) is 47.2 Å². The lowest BCUT2D eigenvalue weighted by Gasteiger charge is -2.38.